The van der Waals surface area contributed by atoms with Gasteiger partial charge in [-0.2, -0.15) is 0 Å². The Hall–Kier alpha value is -5.92. The Morgan fingerprint density at radius 3 is 1.73 bits per heavy atom. The fourth-order valence-electron chi connectivity index (χ4n) is 7.91. The number of benzene rings is 8. The average molecular weight is 621 g/mol. The monoisotopic (exact) mass is 620 g/mol. The van der Waals surface area contributed by atoms with E-state index in [4.69, 9.17) is 9.90 Å². The molecule has 226 valence electrons. The van der Waals surface area contributed by atoms with Crippen molar-refractivity contribution < 1.29 is 15.4 Å². The van der Waals surface area contributed by atoms with E-state index in [0.717, 1.165) is 49.8 Å². The second-order valence-electron chi connectivity index (χ2n) is 13.0. The summed E-state index contributed by atoms with van der Waals surface area (Å²) in [5.41, 5.74) is 9.23. The Morgan fingerprint density at radius 2 is 1.00 bits per heavy atom. The summed E-state index contributed by atoms with van der Waals surface area (Å²) >= 11 is 0. The summed E-state index contributed by atoms with van der Waals surface area (Å²) in [6, 6.07) is 32.8. The van der Waals surface area contributed by atoms with Crippen molar-refractivity contribution in [3.05, 3.63) is 169 Å². The molecule has 0 N–H and O–H groups in total. The van der Waals surface area contributed by atoms with Gasteiger partial charge < -0.3 is 4.42 Å². The van der Waals surface area contributed by atoms with Crippen LogP contribution in [-0.2, 0) is 5.41 Å². The van der Waals surface area contributed by atoms with Crippen molar-refractivity contribution in [2.24, 2.45) is 0 Å². The van der Waals surface area contributed by atoms with Gasteiger partial charge >= 0.3 is 0 Å². The molecule has 0 fully saturated rings. The maximum atomic E-state index is 9.39. The fourth-order valence-corrected chi connectivity index (χ4v) is 7.91. The van der Waals surface area contributed by atoms with Crippen LogP contribution in [0.1, 0.15) is 35.9 Å². The number of fused-ring (bicyclic) bond motifs is 8. The first kappa shape index (κ1) is 20.3. The van der Waals surface area contributed by atoms with E-state index in [9.17, 15) is 5.48 Å². The summed E-state index contributed by atoms with van der Waals surface area (Å²) in [6.45, 7) is 4.35. The Balaban J connectivity index is 1.31. The lowest BCUT2D eigenvalue weighted by Gasteiger charge is -2.22. The van der Waals surface area contributed by atoms with Gasteiger partial charge in [0.05, 0.1) is 11.0 Å². The van der Waals surface area contributed by atoms with Crippen LogP contribution in [0.25, 0.3) is 88.0 Å². The zero-order valence-corrected chi connectivity index (χ0v) is 26.3. The SMILES string of the molecule is [2H]c1c([2H])c([2H])c2c(-c3ccc4c(c3)-c3ccccc3C4(C)C)c3c([2H])c([2H])c([2H])c([2H])c3c(-c3ccc(-c4cccc5oc6ccccc6c45)cc3)c2c1[2H]. The van der Waals surface area contributed by atoms with Crippen molar-refractivity contribution in [2.45, 2.75) is 19.3 Å². The molecule has 0 unspecified atom stereocenters. The maximum absolute atomic E-state index is 9.39. The Kier molecular flexibility index (Phi) is 4.25. The second kappa shape index (κ2) is 10.0. The fraction of sp³-hybridized carbons (Fsp3) is 0.0638. The topological polar surface area (TPSA) is 13.1 Å². The lowest BCUT2D eigenvalue weighted by atomic mass is 9.81. The highest BCUT2D eigenvalue weighted by Gasteiger charge is 2.35. The van der Waals surface area contributed by atoms with Crippen molar-refractivity contribution >= 4 is 43.5 Å². The van der Waals surface area contributed by atoms with Crippen LogP contribution in [0.3, 0.4) is 0 Å². The Morgan fingerprint density at radius 1 is 0.458 bits per heavy atom. The lowest BCUT2D eigenvalue weighted by molar-refractivity contribution is 0.660. The summed E-state index contributed by atoms with van der Waals surface area (Å²) in [7, 11) is 0. The number of furan rings is 1. The number of para-hydroxylation sites is 1. The first-order valence-electron chi connectivity index (χ1n) is 20.1. The molecule has 1 aliphatic carbocycles. The molecule has 0 aliphatic heterocycles. The molecule has 8 aromatic carbocycles. The highest BCUT2D eigenvalue weighted by atomic mass is 16.3. The van der Waals surface area contributed by atoms with Crippen molar-refractivity contribution in [3.8, 4) is 44.5 Å². The standard InChI is InChI=1S/C47H32O/c1-47(2)40-19-9-7-12-33(40)39-28-31(26-27-41(39)47)45-36-15-5-3-13-34(36)44(35-14-4-6-16-37(35)45)30-24-22-29(23-25-30)32-18-11-21-43-46(32)38-17-8-10-20-42(38)48-43/h3-28H,1-2H3/i3D,4D,5D,6D,13D,14D,15D,16D. The van der Waals surface area contributed by atoms with Crippen LogP contribution in [0, 0.1) is 0 Å². The number of rotatable bonds is 3. The van der Waals surface area contributed by atoms with Gasteiger partial charge in [0.25, 0.3) is 0 Å². The average Bonchev–Trinajstić information content (AvgIpc) is 3.71. The molecule has 1 nitrogen and oxygen atoms in total. The molecule has 48 heavy (non-hydrogen) atoms. The van der Waals surface area contributed by atoms with Crippen molar-refractivity contribution in [3.63, 3.8) is 0 Å². The molecular weight excluding hydrogens is 581 g/mol. The zero-order valence-electron chi connectivity index (χ0n) is 34.3. The number of hydrogen-bond acceptors (Lipinski definition) is 1. The maximum Gasteiger partial charge on any atom is 0.136 e. The second-order valence-corrected chi connectivity index (χ2v) is 13.0. The molecule has 1 aliphatic rings. The van der Waals surface area contributed by atoms with Crippen LogP contribution in [0.2, 0.25) is 0 Å². The first-order chi connectivity index (χ1) is 26.9. The molecule has 1 heterocycles. The summed E-state index contributed by atoms with van der Waals surface area (Å²) in [5.74, 6) is 0. The normalized spacial score (nSPS) is 15.7. The van der Waals surface area contributed by atoms with Gasteiger partial charge in [0.2, 0.25) is 0 Å². The Bertz CT molecular complexity index is 3110. The van der Waals surface area contributed by atoms with Crippen LogP contribution >= 0.6 is 0 Å². The smallest absolute Gasteiger partial charge is 0.136 e. The van der Waals surface area contributed by atoms with Gasteiger partial charge in [0.15, 0.2) is 0 Å². The molecule has 1 aromatic heterocycles. The van der Waals surface area contributed by atoms with Crippen LogP contribution in [0.5, 0.6) is 0 Å². The van der Waals surface area contributed by atoms with Gasteiger partial charge in [-0.25, -0.2) is 0 Å². The van der Waals surface area contributed by atoms with Crippen molar-refractivity contribution in [1.82, 2.24) is 0 Å². The van der Waals surface area contributed by atoms with Crippen LogP contribution in [0.4, 0.5) is 0 Å². The van der Waals surface area contributed by atoms with E-state index in [2.05, 4.69) is 26.0 Å². The van der Waals surface area contributed by atoms with Crippen LogP contribution in [0.15, 0.2) is 162 Å². The molecule has 0 amide bonds. The van der Waals surface area contributed by atoms with E-state index in [1.54, 1.807) is 0 Å². The van der Waals surface area contributed by atoms with E-state index in [-0.39, 0.29) is 51.1 Å². The van der Waals surface area contributed by atoms with Gasteiger partial charge in [0, 0.05) is 16.2 Å². The third-order valence-electron chi connectivity index (χ3n) is 10.1. The largest absolute Gasteiger partial charge is 0.456 e. The molecule has 0 atom stereocenters. The lowest BCUT2D eigenvalue weighted by Crippen LogP contribution is -2.14. The van der Waals surface area contributed by atoms with Gasteiger partial charge in [-0.05, 0) is 95.4 Å². The molecule has 1 heteroatoms. The predicted octanol–water partition coefficient (Wildman–Crippen LogP) is 13.2. The summed E-state index contributed by atoms with van der Waals surface area (Å²) in [4.78, 5) is 0. The Labute approximate surface area is 291 Å². The minimum Gasteiger partial charge on any atom is -0.456 e. The highest BCUT2D eigenvalue weighted by molar-refractivity contribution is 6.21. The molecule has 0 saturated heterocycles. The van der Waals surface area contributed by atoms with E-state index >= 15 is 0 Å². The van der Waals surface area contributed by atoms with Crippen molar-refractivity contribution in [1.29, 1.82) is 0 Å². The summed E-state index contributed by atoms with van der Waals surface area (Å²) < 4.78 is 79.0. The van der Waals surface area contributed by atoms with Crippen LogP contribution < -0.4 is 0 Å². The van der Waals surface area contributed by atoms with E-state index in [0.29, 0.717) is 22.3 Å². The van der Waals surface area contributed by atoms with Gasteiger partial charge in [0.1, 0.15) is 11.2 Å². The van der Waals surface area contributed by atoms with E-state index < -0.39 is 24.2 Å². The molecule has 0 bridgehead atoms. The van der Waals surface area contributed by atoms with Gasteiger partial charge in [-0.15, -0.1) is 0 Å². The minimum atomic E-state index is -0.422. The number of hydrogen-bond donors (Lipinski definition) is 0. The van der Waals surface area contributed by atoms with Gasteiger partial charge in [-0.1, -0.05) is 153 Å². The third-order valence-corrected chi connectivity index (χ3v) is 10.1. The van der Waals surface area contributed by atoms with Crippen molar-refractivity contribution in [2.75, 3.05) is 0 Å². The first-order valence-corrected chi connectivity index (χ1v) is 16.1. The van der Waals surface area contributed by atoms with E-state index in [1.807, 2.05) is 97.1 Å². The van der Waals surface area contributed by atoms with Gasteiger partial charge in [-0.3, -0.25) is 0 Å². The highest BCUT2D eigenvalue weighted by Crippen LogP contribution is 2.51. The minimum absolute atomic E-state index is 0.195. The molecule has 0 saturated carbocycles. The summed E-state index contributed by atoms with van der Waals surface area (Å²) in [5, 5.41) is 2.75. The molecule has 9 aromatic rings. The summed E-state index contributed by atoms with van der Waals surface area (Å²) in [6.07, 6.45) is 0. The third kappa shape index (κ3) is 3.79. The quantitative estimate of drug-likeness (QED) is 0.179. The molecular formula is C47H32O. The molecule has 10 rings (SSSR count). The van der Waals surface area contributed by atoms with Crippen LogP contribution in [-0.4, -0.2) is 0 Å². The molecule has 0 spiro atoms. The van der Waals surface area contributed by atoms with E-state index in [1.165, 1.54) is 5.56 Å². The molecule has 0 radical (unpaired) electrons. The zero-order chi connectivity index (χ0) is 38.9. The predicted molar refractivity (Wildman–Crippen MR) is 203 cm³/mol.